The van der Waals surface area contributed by atoms with E-state index in [-0.39, 0.29) is 18.9 Å². The van der Waals surface area contributed by atoms with E-state index < -0.39 is 22.7 Å². The number of amides is 1. The summed E-state index contributed by atoms with van der Waals surface area (Å²) in [6.07, 6.45) is 1.56. The lowest BCUT2D eigenvalue weighted by atomic mass is 9.75. The molecule has 0 aliphatic carbocycles. The molecule has 2 aromatic rings. The van der Waals surface area contributed by atoms with Crippen molar-refractivity contribution in [3.05, 3.63) is 70.8 Å². The van der Waals surface area contributed by atoms with Gasteiger partial charge in [0.15, 0.2) is 0 Å². The lowest BCUT2D eigenvalue weighted by Crippen LogP contribution is -2.49. The Hall–Kier alpha value is -2.75. The number of piperidine rings is 1. The van der Waals surface area contributed by atoms with Gasteiger partial charge in [0.1, 0.15) is 17.2 Å². The number of benzene rings is 2. The third-order valence-corrected chi connectivity index (χ3v) is 5.51. The van der Waals surface area contributed by atoms with E-state index in [0.29, 0.717) is 42.6 Å². The van der Waals surface area contributed by atoms with Gasteiger partial charge in [-0.1, -0.05) is 17.9 Å². The second-order valence-corrected chi connectivity index (χ2v) is 8.79. The summed E-state index contributed by atoms with van der Waals surface area (Å²) in [6.45, 7) is 3.84. The Morgan fingerprint density at radius 2 is 1.90 bits per heavy atom. The number of carbonyl (C=O) groups excluding carboxylic acids is 1. The second-order valence-electron chi connectivity index (χ2n) is 8.79. The second kappa shape index (κ2) is 9.17. The van der Waals surface area contributed by atoms with Crippen molar-refractivity contribution in [3.63, 3.8) is 0 Å². The number of likely N-dealkylation sites (tertiary alicyclic amines) is 1. The van der Waals surface area contributed by atoms with E-state index >= 15 is 0 Å². The van der Waals surface area contributed by atoms with Crippen LogP contribution in [0.15, 0.2) is 42.5 Å². The summed E-state index contributed by atoms with van der Waals surface area (Å²) < 4.78 is 27.4. The average molecular weight is 427 g/mol. The molecule has 2 aromatic carbocycles. The minimum absolute atomic E-state index is 0.167. The van der Waals surface area contributed by atoms with E-state index in [2.05, 4.69) is 11.8 Å². The molecule has 0 unspecified atom stereocenters. The van der Waals surface area contributed by atoms with Crippen molar-refractivity contribution in [2.45, 2.75) is 38.7 Å². The van der Waals surface area contributed by atoms with Gasteiger partial charge in [0, 0.05) is 35.7 Å². The number of hydrogen-bond donors (Lipinski definition) is 2. The van der Waals surface area contributed by atoms with Gasteiger partial charge in [-0.05, 0) is 69.0 Å². The van der Waals surface area contributed by atoms with Gasteiger partial charge in [0.2, 0.25) is 0 Å². The van der Waals surface area contributed by atoms with Crippen LogP contribution in [0.1, 0.15) is 48.2 Å². The average Bonchev–Trinajstić information content (AvgIpc) is 2.74. The van der Waals surface area contributed by atoms with E-state index in [4.69, 9.17) is 0 Å². The molecule has 0 aromatic heterocycles. The van der Waals surface area contributed by atoms with Crippen LogP contribution in [0.2, 0.25) is 0 Å². The van der Waals surface area contributed by atoms with Crippen LogP contribution in [0.3, 0.4) is 0 Å². The molecule has 3 rings (SSSR count). The van der Waals surface area contributed by atoms with E-state index in [1.165, 1.54) is 12.1 Å². The molecule has 164 valence electrons. The van der Waals surface area contributed by atoms with Gasteiger partial charge in [-0.2, -0.15) is 0 Å². The molecule has 0 spiro atoms. The molecule has 0 radical (unpaired) electrons. The zero-order valence-corrected chi connectivity index (χ0v) is 17.8. The van der Waals surface area contributed by atoms with Crippen LogP contribution < -0.4 is 0 Å². The maximum Gasteiger partial charge on any atom is 0.253 e. The van der Waals surface area contributed by atoms with Crippen molar-refractivity contribution in [1.82, 2.24) is 4.90 Å². The quantitative estimate of drug-likeness (QED) is 0.734. The lowest BCUT2D eigenvalue weighted by molar-refractivity contribution is 0.0268. The number of aliphatic hydroxyl groups excluding tert-OH is 1. The Morgan fingerprint density at radius 3 is 2.52 bits per heavy atom. The molecule has 1 fully saturated rings. The summed E-state index contributed by atoms with van der Waals surface area (Å²) in [6, 6.07) is 10.3. The number of hydrogen-bond acceptors (Lipinski definition) is 3. The molecule has 1 amide bonds. The first-order valence-corrected chi connectivity index (χ1v) is 10.3. The molecular weight excluding hydrogens is 400 g/mol. The highest BCUT2D eigenvalue weighted by Crippen LogP contribution is 2.34. The molecule has 1 saturated heterocycles. The fourth-order valence-corrected chi connectivity index (χ4v) is 3.88. The number of halogens is 2. The predicted octanol–water partition coefficient (Wildman–Crippen LogP) is 3.54. The lowest BCUT2D eigenvalue weighted by Gasteiger charge is -2.42. The van der Waals surface area contributed by atoms with Crippen molar-refractivity contribution in [3.8, 4) is 11.8 Å². The van der Waals surface area contributed by atoms with E-state index in [9.17, 15) is 23.8 Å². The van der Waals surface area contributed by atoms with E-state index in [1.807, 2.05) is 0 Å². The van der Waals surface area contributed by atoms with Crippen molar-refractivity contribution >= 4 is 5.91 Å². The first kappa shape index (κ1) is 22.9. The van der Waals surface area contributed by atoms with Gasteiger partial charge in [-0.3, -0.25) is 4.79 Å². The maximum absolute atomic E-state index is 14.2. The maximum atomic E-state index is 14.2. The largest absolute Gasteiger partial charge is 0.396 e. The highest BCUT2D eigenvalue weighted by Gasteiger charge is 2.37. The molecule has 0 saturated carbocycles. The fourth-order valence-electron chi connectivity index (χ4n) is 3.88. The molecule has 6 heteroatoms. The molecule has 2 N–H and O–H groups in total. The Labute approximate surface area is 181 Å². The van der Waals surface area contributed by atoms with Gasteiger partial charge in [0.05, 0.1) is 6.61 Å². The highest BCUT2D eigenvalue weighted by atomic mass is 19.1. The van der Waals surface area contributed by atoms with E-state index in [0.717, 1.165) is 6.07 Å². The number of carbonyl (C=O) groups is 1. The molecule has 1 heterocycles. The predicted molar refractivity (Wildman–Crippen MR) is 114 cm³/mol. The van der Waals surface area contributed by atoms with Crippen LogP contribution in [-0.2, 0) is 6.42 Å². The first-order valence-electron chi connectivity index (χ1n) is 10.3. The molecule has 1 aliphatic heterocycles. The minimum atomic E-state index is -1.10. The normalized spacial score (nSPS) is 19.0. The Balaban J connectivity index is 1.75. The van der Waals surface area contributed by atoms with Crippen molar-refractivity contribution < 1.29 is 23.8 Å². The Morgan fingerprint density at radius 1 is 1.19 bits per heavy atom. The van der Waals surface area contributed by atoms with Crippen LogP contribution >= 0.6 is 0 Å². The van der Waals surface area contributed by atoms with Gasteiger partial charge < -0.3 is 15.1 Å². The molecule has 0 bridgehead atoms. The summed E-state index contributed by atoms with van der Waals surface area (Å²) in [5.74, 6) is 4.15. The standard InChI is InChI=1S/C25H27F2NO3/c1-24(2,31)12-10-18-4-6-19(7-5-18)23(30)28-13-3-11-25(16-28,17-29)15-20-8-9-21(26)14-22(20)27/h4-9,14,29,31H,3,11,13,15-17H2,1-2H3/t25-/m0/s1. The monoisotopic (exact) mass is 427 g/mol. The summed E-state index contributed by atoms with van der Waals surface area (Å²) in [4.78, 5) is 14.7. The summed E-state index contributed by atoms with van der Waals surface area (Å²) in [5.41, 5.74) is -0.256. The van der Waals surface area contributed by atoms with Crippen molar-refractivity contribution in [1.29, 1.82) is 0 Å². The Kier molecular flexibility index (Phi) is 6.78. The SMILES string of the molecule is CC(C)(O)C#Cc1ccc(C(=O)N2CCC[C@](CO)(Cc3ccc(F)cc3F)C2)cc1. The Bertz CT molecular complexity index is 1000. The van der Waals surface area contributed by atoms with Crippen LogP contribution in [0, 0.1) is 28.9 Å². The molecule has 31 heavy (non-hydrogen) atoms. The minimum Gasteiger partial charge on any atom is -0.396 e. The van der Waals surface area contributed by atoms with Gasteiger partial charge in [-0.15, -0.1) is 0 Å². The van der Waals surface area contributed by atoms with Crippen LogP contribution in [0.4, 0.5) is 8.78 Å². The molecule has 4 nitrogen and oxygen atoms in total. The zero-order valence-electron chi connectivity index (χ0n) is 17.8. The van der Waals surface area contributed by atoms with Crippen LogP contribution in [0.25, 0.3) is 0 Å². The fraction of sp³-hybridized carbons (Fsp3) is 0.400. The topological polar surface area (TPSA) is 60.8 Å². The number of aliphatic hydroxyl groups is 2. The zero-order chi connectivity index (χ0) is 22.6. The van der Waals surface area contributed by atoms with Crippen LogP contribution in [-0.4, -0.2) is 46.3 Å². The summed E-state index contributed by atoms with van der Waals surface area (Å²) in [5, 5.41) is 19.8. The van der Waals surface area contributed by atoms with Gasteiger partial charge in [-0.25, -0.2) is 8.78 Å². The number of nitrogens with zero attached hydrogens (tertiary/aromatic N) is 1. The first-order chi connectivity index (χ1) is 14.6. The third-order valence-electron chi connectivity index (χ3n) is 5.51. The van der Waals surface area contributed by atoms with Gasteiger partial charge in [0.25, 0.3) is 5.91 Å². The smallest absolute Gasteiger partial charge is 0.253 e. The number of rotatable bonds is 4. The van der Waals surface area contributed by atoms with Gasteiger partial charge >= 0.3 is 0 Å². The van der Waals surface area contributed by atoms with Crippen LogP contribution in [0.5, 0.6) is 0 Å². The molecule has 1 aliphatic rings. The highest BCUT2D eigenvalue weighted by molar-refractivity contribution is 5.94. The van der Waals surface area contributed by atoms with Crippen molar-refractivity contribution in [2.24, 2.45) is 5.41 Å². The summed E-state index contributed by atoms with van der Waals surface area (Å²) >= 11 is 0. The van der Waals surface area contributed by atoms with Crippen molar-refractivity contribution in [2.75, 3.05) is 19.7 Å². The third kappa shape index (κ3) is 5.90. The molecular formula is C25H27F2NO3. The molecule has 1 atom stereocenters. The summed E-state index contributed by atoms with van der Waals surface area (Å²) in [7, 11) is 0. The van der Waals surface area contributed by atoms with E-state index in [1.54, 1.807) is 43.0 Å².